The molecule has 2 heterocycles. The highest BCUT2D eigenvalue weighted by atomic mass is 16.3. The summed E-state index contributed by atoms with van der Waals surface area (Å²) in [7, 11) is 0. The van der Waals surface area contributed by atoms with Crippen LogP contribution in [0.5, 0.6) is 5.75 Å². The van der Waals surface area contributed by atoms with E-state index in [-0.39, 0.29) is 5.75 Å². The Morgan fingerprint density at radius 2 is 2.06 bits per heavy atom. The topological polar surface area (TPSA) is 38.0 Å². The Balaban J connectivity index is 2.17. The molecular weight excluding hydrogens is 224 g/mol. The fraction of sp³-hybridized carbons (Fsp3) is 0. The molecule has 86 valence electrons. The molecule has 1 aromatic carbocycles. The number of rotatable bonds is 1. The summed E-state index contributed by atoms with van der Waals surface area (Å²) in [5.74, 6) is 0.244. The molecule has 3 rings (SSSR count). The van der Waals surface area contributed by atoms with Crippen molar-refractivity contribution >= 4 is 11.0 Å². The number of aromatic hydroxyl groups is 1. The monoisotopic (exact) mass is 234 g/mol. The average Bonchev–Trinajstić information content (AvgIpc) is 2.80. The van der Waals surface area contributed by atoms with Gasteiger partial charge in [-0.2, -0.15) is 0 Å². The van der Waals surface area contributed by atoms with Crippen molar-refractivity contribution in [3.63, 3.8) is 0 Å². The van der Waals surface area contributed by atoms with E-state index < -0.39 is 0 Å². The number of nitrogens with zero attached hydrogens (tertiary/aromatic N) is 2. The second-order valence-corrected chi connectivity index (χ2v) is 4.00. The van der Waals surface area contributed by atoms with Gasteiger partial charge in [0.2, 0.25) is 0 Å². The van der Waals surface area contributed by atoms with Gasteiger partial charge in [-0.05, 0) is 29.8 Å². The number of phenols is 1. The molecule has 3 heteroatoms. The van der Waals surface area contributed by atoms with Crippen LogP contribution in [0.3, 0.4) is 0 Å². The van der Waals surface area contributed by atoms with Crippen molar-refractivity contribution in [3.8, 4) is 29.3 Å². The van der Waals surface area contributed by atoms with E-state index in [4.69, 9.17) is 6.42 Å². The summed E-state index contributed by atoms with van der Waals surface area (Å²) in [5.41, 5.74) is 2.65. The van der Waals surface area contributed by atoms with Gasteiger partial charge in [0, 0.05) is 29.4 Å². The zero-order valence-electron chi connectivity index (χ0n) is 9.54. The Morgan fingerprint density at radius 1 is 1.17 bits per heavy atom. The Labute approximate surface area is 104 Å². The fourth-order valence-electron chi connectivity index (χ4n) is 1.97. The van der Waals surface area contributed by atoms with Gasteiger partial charge in [-0.15, -0.1) is 0 Å². The van der Waals surface area contributed by atoms with E-state index in [0.717, 1.165) is 22.2 Å². The van der Waals surface area contributed by atoms with E-state index in [1.165, 1.54) is 0 Å². The lowest BCUT2D eigenvalue weighted by Crippen LogP contribution is -1.88. The molecule has 0 amide bonds. The van der Waals surface area contributed by atoms with Gasteiger partial charge in [0.05, 0.1) is 0 Å². The Bertz CT molecular complexity index is 766. The predicted molar refractivity (Wildman–Crippen MR) is 71.1 cm³/mol. The highest BCUT2D eigenvalue weighted by Crippen LogP contribution is 2.25. The molecule has 0 bridgehead atoms. The van der Waals surface area contributed by atoms with Gasteiger partial charge in [-0.25, -0.2) is 4.98 Å². The first-order valence-corrected chi connectivity index (χ1v) is 5.51. The second-order valence-electron chi connectivity index (χ2n) is 4.00. The Kier molecular flexibility index (Phi) is 2.28. The van der Waals surface area contributed by atoms with Crippen molar-refractivity contribution < 1.29 is 5.11 Å². The standard InChI is InChI=1S/C15H10N2O/c1-2-17-7-6-12-8-13(10-16-15(12)17)11-4-3-5-14(18)9-11/h1,3-10,18H. The number of phenolic OH excluding ortho intramolecular Hbond substituents is 1. The van der Waals surface area contributed by atoms with Gasteiger partial charge in [-0.3, -0.25) is 4.57 Å². The molecule has 2 aromatic heterocycles. The maximum Gasteiger partial charge on any atom is 0.151 e. The number of hydrogen-bond acceptors (Lipinski definition) is 2. The van der Waals surface area contributed by atoms with E-state index in [9.17, 15) is 5.11 Å². The smallest absolute Gasteiger partial charge is 0.151 e. The third kappa shape index (κ3) is 1.61. The van der Waals surface area contributed by atoms with Crippen LogP contribution in [-0.2, 0) is 0 Å². The number of hydrogen-bond donors (Lipinski definition) is 1. The Hall–Kier alpha value is -2.73. The molecule has 1 N–H and O–H groups in total. The van der Waals surface area contributed by atoms with Crippen LogP contribution in [0.4, 0.5) is 0 Å². The molecule has 0 saturated heterocycles. The van der Waals surface area contributed by atoms with Gasteiger partial charge < -0.3 is 5.11 Å². The first kappa shape index (κ1) is 10.4. The van der Waals surface area contributed by atoms with Gasteiger partial charge in [0.15, 0.2) is 5.65 Å². The van der Waals surface area contributed by atoms with E-state index in [0.29, 0.717) is 0 Å². The molecule has 0 spiro atoms. The van der Waals surface area contributed by atoms with Gasteiger partial charge in [0.25, 0.3) is 0 Å². The molecule has 0 unspecified atom stereocenters. The minimum absolute atomic E-state index is 0.244. The summed E-state index contributed by atoms with van der Waals surface area (Å²) in [6.07, 6.45) is 8.93. The van der Waals surface area contributed by atoms with Gasteiger partial charge >= 0.3 is 0 Å². The average molecular weight is 234 g/mol. The van der Waals surface area contributed by atoms with Crippen molar-refractivity contribution in [1.29, 1.82) is 0 Å². The lowest BCUT2D eigenvalue weighted by atomic mass is 10.1. The summed E-state index contributed by atoms with van der Waals surface area (Å²) in [4.78, 5) is 4.36. The zero-order valence-corrected chi connectivity index (χ0v) is 9.54. The summed E-state index contributed by atoms with van der Waals surface area (Å²) in [6, 6.07) is 13.6. The molecule has 3 aromatic rings. The molecule has 18 heavy (non-hydrogen) atoms. The van der Waals surface area contributed by atoms with Crippen LogP contribution in [0.1, 0.15) is 0 Å². The van der Waals surface area contributed by atoms with Crippen LogP contribution in [-0.4, -0.2) is 14.7 Å². The first-order chi connectivity index (χ1) is 8.78. The summed E-state index contributed by atoms with van der Waals surface area (Å²) in [6.45, 7) is 0. The molecule has 0 aliphatic heterocycles. The van der Waals surface area contributed by atoms with Crippen LogP contribution < -0.4 is 0 Å². The van der Waals surface area contributed by atoms with E-state index in [1.807, 2.05) is 30.5 Å². The second kappa shape index (κ2) is 3.94. The largest absolute Gasteiger partial charge is 0.508 e. The molecule has 0 aliphatic rings. The normalized spacial score (nSPS) is 10.4. The quantitative estimate of drug-likeness (QED) is 0.657. The van der Waals surface area contributed by atoms with Crippen LogP contribution >= 0.6 is 0 Å². The van der Waals surface area contributed by atoms with E-state index >= 15 is 0 Å². The highest BCUT2D eigenvalue weighted by molar-refractivity contribution is 5.82. The van der Waals surface area contributed by atoms with E-state index in [1.54, 1.807) is 22.9 Å². The van der Waals surface area contributed by atoms with Crippen molar-refractivity contribution in [2.24, 2.45) is 0 Å². The van der Waals surface area contributed by atoms with Crippen molar-refractivity contribution in [1.82, 2.24) is 9.55 Å². The minimum Gasteiger partial charge on any atom is -0.508 e. The van der Waals surface area contributed by atoms with Crippen molar-refractivity contribution in [3.05, 3.63) is 48.8 Å². The predicted octanol–water partition coefficient (Wildman–Crippen LogP) is 2.85. The van der Waals surface area contributed by atoms with Crippen LogP contribution in [0.15, 0.2) is 48.8 Å². The van der Waals surface area contributed by atoms with Gasteiger partial charge in [-0.1, -0.05) is 18.6 Å². The number of pyridine rings is 1. The lowest BCUT2D eigenvalue weighted by Gasteiger charge is -2.02. The summed E-state index contributed by atoms with van der Waals surface area (Å²) >= 11 is 0. The number of benzene rings is 1. The van der Waals surface area contributed by atoms with Gasteiger partial charge in [0.1, 0.15) is 5.75 Å². The molecule has 0 radical (unpaired) electrons. The van der Waals surface area contributed by atoms with Crippen LogP contribution in [0, 0.1) is 12.5 Å². The minimum atomic E-state index is 0.244. The molecule has 0 saturated carbocycles. The molecule has 3 nitrogen and oxygen atoms in total. The number of aromatic nitrogens is 2. The molecular formula is C15H10N2O. The number of fused-ring (bicyclic) bond motifs is 1. The lowest BCUT2D eigenvalue weighted by molar-refractivity contribution is 0.475. The zero-order chi connectivity index (χ0) is 12.5. The highest BCUT2D eigenvalue weighted by Gasteiger charge is 2.04. The number of terminal acetylenes is 1. The molecule has 0 fully saturated rings. The summed E-state index contributed by atoms with van der Waals surface area (Å²) in [5, 5.41) is 10.5. The van der Waals surface area contributed by atoms with Crippen molar-refractivity contribution in [2.45, 2.75) is 0 Å². The maximum absolute atomic E-state index is 9.48. The fourth-order valence-corrected chi connectivity index (χ4v) is 1.97. The van der Waals surface area contributed by atoms with Crippen LogP contribution in [0.25, 0.3) is 22.2 Å². The molecule has 0 atom stereocenters. The van der Waals surface area contributed by atoms with Crippen LogP contribution in [0.2, 0.25) is 0 Å². The Morgan fingerprint density at radius 3 is 2.83 bits per heavy atom. The first-order valence-electron chi connectivity index (χ1n) is 5.51. The molecule has 0 aliphatic carbocycles. The SMILES string of the molecule is C#Cn1ccc2cc(-c3cccc(O)c3)cnc21. The van der Waals surface area contributed by atoms with E-state index in [2.05, 4.69) is 11.0 Å². The third-order valence-electron chi connectivity index (χ3n) is 2.85. The summed E-state index contributed by atoms with van der Waals surface area (Å²) < 4.78 is 1.64. The third-order valence-corrected chi connectivity index (χ3v) is 2.85. The maximum atomic E-state index is 9.48. The van der Waals surface area contributed by atoms with Crippen molar-refractivity contribution in [2.75, 3.05) is 0 Å².